The monoisotopic (exact) mass is 146 g/mol. The molecule has 0 fully saturated rings. The summed E-state index contributed by atoms with van der Waals surface area (Å²) in [4.78, 5) is 0. The minimum Gasteiger partial charge on any atom is -0.0838 e. The van der Waals surface area contributed by atoms with Gasteiger partial charge in [0.05, 0.1) is 0 Å². The Labute approximate surface area is 68.6 Å². The summed E-state index contributed by atoms with van der Waals surface area (Å²) in [5.41, 5.74) is 2.98. The van der Waals surface area contributed by atoms with Gasteiger partial charge in [-0.2, -0.15) is 0 Å². The van der Waals surface area contributed by atoms with Gasteiger partial charge in [-0.15, -0.1) is 0 Å². The number of benzene rings is 1. The van der Waals surface area contributed by atoms with Crippen molar-refractivity contribution in [1.29, 1.82) is 0 Å². The van der Waals surface area contributed by atoms with Crippen LogP contribution < -0.4 is 0 Å². The molecule has 0 heterocycles. The summed E-state index contributed by atoms with van der Waals surface area (Å²) < 4.78 is 0. The van der Waals surface area contributed by atoms with Crippen LogP contribution in [-0.2, 0) is 12.8 Å². The van der Waals surface area contributed by atoms with E-state index in [1.165, 1.54) is 11.1 Å². The third kappa shape index (κ3) is 1.51. The molecule has 0 saturated carbocycles. The van der Waals surface area contributed by atoms with E-state index in [4.69, 9.17) is 0 Å². The van der Waals surface area contributed by atoms with Crippen LogP contribution in [0.2, 0.25) is 0 Å². The van der Waals surface area contributed by atoms with Gasteiger partial charge in [0, 0.05) is 0 Å². The summed E-state index contributed by atoms with van der Waals surface area (Å²) in [6.45, 7) is 0. The smallest absolute Gasteiger partial charge is 0.00945 e. The van der Waals surface area contributed by atoms with Crippen molar-refractivity contribution in [2.24, 2.45) is 0 Å². The lowest BCUT2D eigenvalue weighted by molar-refractivity contribution is 1.09. The fourth-order valence-electron chi connectivity index (χ4n) is 1.38. The van der Waals surface area contributed by atoms with Gasteiger partial charge in [0.1, 0.15) is 0 Å². The lowest BCUT2D eigenvalue weighted by Gasteiger charge is -2.08. The molecular formula is C11H14. The van der Waals surface area contributed by atoms with E-state index in [0.29, 0.717) is 0 Å². The third-order valence-corrected chi connectivity index (χ3v) is 1.96. The fourth-order valence-corrected chi connectivity index (χ4v) is 1.38. The molecule has 0 aliphatic heterocycles. The second-order valence-electron chi connectivity index (χ2n) is 2.65. The number of rotatable bonds is 0. The quantitative estimate of drug-likeness (QED) is 0.494. The molecule has 0 saturated heterocycles. The molecule has 11 heavy (non-hydrogen) atoms. The molecule has 1 aromatic carbocycles. The molecule has 1 aromatic rings. The molecule has 0 bridgehead atoms. The van der Waals surface area contributed by atoms with Crippen molar-refractivity contribution in [2.75, 3.05) is 0 Å². The Morgan fingerprint density at radius 1 is 0.818 bits per heavy atom. The van der Waals surface area contributed by atoms with Crippen molar-refractivity contribution >= 4 is 0 Å². The van der Waals surface area contributed by atoms with E-state index in [-0.39, 0.29) is 7.43 Å². The van der Waals surface area contributed by atoms with Crippen molar-refractivity contribution in [3.63, 3.8) is 0 Å². The normalized spacial score (nSPS) is 13.5. The number of fused-ring (bicyclic) bond motifs is 1. The Balaban J connectivity index is 0.000000605. The summed E-state index contributed by atoms with van der Waals surface area (Å²) in [5.74, 6) is 0. The first-order valence-corrected chi connectivity index (χ1v) is 3.68. The average Bonchev–Trinajstić information content (AvgIpc) is 2.05. The topological polar surface area (TPSA) is 0 Å². The van der Waals surface area contributed by atoms with Crippen LogP contribution in [0.5, 0.6) is 0 Å². The van der Waals surface area contributed by atoms with Gasteiger partial charge < -0.3 is 0 Å². The lowest BCUT2D eigenvalue weighted by atomic mass is 9.97. The SMILES string of the molecule is C.C1=CCc2ccccc2C1. The molecular weight excluding hydrogens is 132 g/mol. The molecule has 2 rings (SSSR count). The van der Waals surface area contributed by atoms with Gasteiger partial charge >= 0.3 is 0 Å². The standard InChI is InChI=1S/C10H10.CH4/c1-2-6-10-8-4-3-7-9(10)5-1;/h1-6H,7-8H2;1H4. The van der Waals surface area contributed by atoms with Crippen LogP contribution in [-0.4, -0.2) is 0 Å². The van der Waals surface area contributed by atoms with E-state index in [9.17, 15) is 0 Å². The molecule has 0 unspecified atom stereocenters. The predicted molar refractivity (Wildman–Crippen MR) is 49.7 cm³/mol. The van der Waals surface area contributed by atoms with E-state index < -0.39 is 0 Å². The van der Waals surface area contributed by atoms with Crippen LogP contribution in [0.3, 0.4) is 0 Å². The highest BCUT2D eigenvalue weighted by Gasteiger charge is 2.00. The summed E-state index contributed by atoms with van der Waals surface area (Å²) >= 11 is 0. The van der Waals surface area contributed by atoms with Gasteiger partial charge in [0.15, 0.2) is 0 Å². The van der Waals surface area contributed by atoms with Crippen LogP contribution in [0.15, 0.2) is 36.4 Å². The minimum atomic E-state index is 0. The fraction of sp³-hybridized carbons (Fsp3) is 0.273. The number of hydrogen-bond donors (Lipinski definition) is 0. The molecule has 0 nitrogen and oxygen atoms in total. The highest BCUT2D eigenvalue weighted by molar-refractivity contribution is 5.33. The molecule has 0 aromatic heterocycles. The van der Waals surface area contributed by atoms with Crippen molar-refractivity contribution in [1.82, 2.24) is 0 Å². The lowest BCUT2D eigenvalue weighted by Crippen LogP contribution is -1.95. The maximum atomic E-state index is 2.24. The van der Waals surface area contributed by atoms with Crippen LogP contribution in [0.1, 0.15) is 18.6 Å². The van der Waals surface area contributed by atoms with Crippen molar-refractivity contribution in [3.8, 4) is 0 Å². The Morgan fingerprint density at radius 2 is 1.27 bits per heavy atom. The Hall–Kier alpha value is -1.04. The van der Waals surface area contributed by atoms with E-state index in [1.807, 2.05) is 0 Å². The highest BCUT2D eigenvalue weighted by atomic mass is 14.1. The van der Waals surface area contributed by atoms with E-state index in [2.05, 4.69) is 36.4 Å². The van der Waals surface area contributed by atoms with Gasteiger partial charge in [0.2, 0.25) is 0 Å². The zero-order chi connectivity index (χ0) is 6.81. The molecule has 0 amide bonds. The summed E-state index contributed by atoms with van der Waals surface area (Å²) in [7, 11) is 0. The molecule has 0 spiro atoms. The summed E-state index contributed by atoms with van der Waals surface area (Å²) in [5, 5.41) is 0. The average molecular weight is 146 g/mol. The molecule has 58 valence electrons. The number of hydrogen-bond acceptors (Lipinski definition) is 0. The first-order chi connectivity index (χ1) is 4.97. The van der Waals surface area contributed by atoms with Crippen LogP contribution in [0.4, 0.5) is 0 Å². The Morgan fingerprint density at radius 3 is 1.73 bits per heavy atom. The maximum absolute atomic E-state index is 2.24. The van der Waals surface area contributed by atoms with E-state index in [1.54, 1.807) is 0 Å². The predicted octanol–water partition coefficient (Wildman–Crippen LogP) is 2.98. The second kappa shape index (κ2) is 3.38. The molecule has 0 N–H and O–H groups in total. The van der Waals surface area contributed by atoms with Crippen LogP contribution >= 0.6 is 0 Å². The van der Waals surface area contributed by atoms with E-state index in [0.717, 1.165) is 12.8 Å². The summed E-state index contributed by atoms with van der Waals surface area (Å²) in [6, 6.07) is 8.63. The van der Waals surface area contributed by atoms with Crippen LogP contribution in [0.25, 0.3) is 0 Å². The van der Waals surface area contributed by atoms with Gasteiger partial charge in [-0.25, -0.2) is 0 Å². The zero-order valence-corrected chi connectivity index (χ0v) is 5.88. The second-order valence-corrected chi connectivity index (χ2v) is 2.65. The highest BCUT2D eigenvalue weighted by Crippen LogP contribution is 2.14. The first-order valence-electron chi connectivity index (χ1n) is 3.68. The molecule has 1 aliphatic rings. The van der Waals surface area contributed by atoms with Crippen molar-refractivity contribution in [2.45, 2.75) is 20.3 Å². The maximum Gasteiger partial charge on any atom is -0.00945 e. The van der Waals surface area contributed by atoms with Gasteiger partial charge in [-0.1, -0.05) is 43.8 Å². The van der Waals surface area contributed by atoms with Gasteiger partial charge in [-0.3, -0.25) is 0 Å². The molecule has 0 radical (unpaired) electrons. The van der Waals surface area contributed by atoms with Crippen molar-refractivity contribution < 1.29 is 0 Å². The minimum absolute atomic E-state index is 0. The van der Waals surface area contributed by atoms with E-state index >= 15 is 0 Å². The number of allylic oxidation sites excluding steroid dienone is 2. The molecule has 0 heteroatoms. The third-order valence-electron chi connectivity index (χ3n) is 1.96. The Bertz CT molecular complexity index is 231. The summed E-state index contributed by atoms with van der Waals surface area (Å²) in [6.07, 6.45) is 6.72. The molecule has 0 atom stereocenters. The van der Waals surface area contributed by atoms with Crippen molar-refractivity contribution in [3.05, 3.63) is 47.5 Å². The Kier molecular flexibility index (Phi) is 2.48. The van der Waals surface area contributed by atoms with Gasteiger partial charge in [-0.05, 0) is 24.0 Å². The zero-order valence-electron chi connectivity index (χ0n) is 5.88. The van der Waals surface area contributed by atoms with Gasteiger partial charge in [0.25, 0.3) is 0 Å². The van der Waals surface area contributed by atoms with Crippen LogP contribution in [0, 0.1) is 0 Å². The largest absolute Gasteiger partial charge is 0.0838 e. The first kappa shape index (κ1) is 8.06. The molecule has 1 aliphatic carbocycles.